The summed E-state index contributed by atoms with van der Waals surface area (Å²) in [5.41, 5.74) is 0.943. The molecule has 18 heavy (non-hydrogen) atoms. The normalized spacial score (nSPS) is 28.8. The van der Waals surface area contributed by atoms with Crippen molar-refractivity contribution in [3.63, 3.8) is 0 Å². The molecule has 2 nitrogen and oxygen atoms in total. The van der Waals surface area contributed by atoms with Crippen LogP contribution in [0.1, 0.15) is 51.1 Å². The van der Waals surface area contributed by atoms with Crippen molar-refractivity contribution in [2.75, 3.05) is 0 Å². The Morgan fingerprint density at radius 1 is 1.44 bits per heavy atom. The predicted octanol–water partition coefficient (Wildman–Crippen LogP) is 3.81. The van der Waals surface area contributed by atoms with Crippen LogP contribution in [0.4, 0.5) is 0 Å². The van der Waals surface area contributed by atoms with E-state index in [2.05, 4.69) is 49.5 Å². The minimum atomic E-state index is -0.315. The molecule has 2 rings (SSSR count). The maximum Gasteiger partial charge on any atom is 0.110 e. The van der Waals surface area contributed by atoms with Gasteiger partial charge in [0.15, 0.2) is 0 Å². The largest absolute Gasteiger partial charge is 0.293 e. The topological polar surface area (TPSA) is 35.8 Å². The maximum absolute atomic E-state index is 9.60. The van der Waals surface area contributed by atoms with Gasteiger partial charge in [-0.3, -0.25) is 5.32 Å². The molecule has 0 saturated heterocycles. The molecule has 1 aromatic rings. The summed E-state index contributed by atoms with van der Waals surface area (Å²) in [6, 6.07) is 13.2. The lowest BCUT2D eigenvalue weighted by Gasteiger charge is -2.32. The van der Waals surface area contributed by atoms with Crippen LogP contribution < -0.4 is 5.32 Å². The van der Waals surface area contributed by atoms with E-state index in [4.69, 9.17) is 0 Å². The molecule has 1 aliphatic rings. The zero-order chi connectivity index (χ0) is 13.0. The summed E-state index contributed by atoms with van der Waals surface area (Å²) in [7, 11) is 0. The third kappa shape index (κ3) is 2.42. The molecule has 1 N–H and O–H groups in total. The van der Waals surface area contributed by atoms with Crippen LogP contribution in [0.15, 0.2) is 30.3 Å². The molecule has 0 aromatic heterocycles. The number of benzene rings is 1. The van der Waals surface area contributed by atoms with Crippen LogP contribution in [0.3, 0.4) is 0 Å². The number of nitrogens with zero attached hydrogens (tertiary/aromatic N) is 1. The monoisotopic (exact) mass is 242 g/mol. The van der Waals surface area contributed by atoms with E-state index in [0.717, 1.165) is 12.8 Å². The van der Waals surface area contributed by atoms with Crippen LogP contribution in [0.5, 0.6) is 0 Å². The number of hydrogen-bond acceptors (Lipinski definition) is 2. The molecule has 0 spiro atoms. The van der Waals surface area contributed by atoms with Gasteiger partial charge in [0, 0.05) is 6.04 Å². The molecule has 2 heteroatoms. The van der Waals surface area contributed by atoms with Crippen molar-refractivity contribution in [1.29, 1.82) is 5.26 Å². The van der Waals surface area contributed by atoms with Crippen molar-refractivity contribution in [3.05, 3.63) is 35.9 Å². The molecule has 3 unspecified atom stereocenters. The van der Waals surface area contributed by atoms with Crippen molar-refractivity contribution < 1.29 is 0 Å². The van der Waals surface area contributed by atoms with Gasteiger partial charge >= 0.3 is 0 Å². The fraction of sp³-hybridized carbons (Fsp3) is 0.562. The van der Waals surface area contributed by atoms with Crippen molar-refractivity contribution >= 4 is 0 Å². The van der Waals surface area contributed by atoms with Gasteiger partial charge in [0.25, 0.3) is 0 Å². The minimum absolute atomic E-state index is 0.234. The van der Waals surface area contributed by atoms with E-state index in [-0.39, 0.29) is 11.6 Å². The predicted molar refractivity (Wildman–Crippen MR) is 74.0 cm³/mol. The third-order valence-corrected chi connectivity index (χ3v) is 4.29. The molecule has 0 aliphatic heterocycles. The van der Waals surface area contributed by atoms with Gasteiger partial charge in [-0.25, -0.2) is 0 Å². The summed E-state index contributed by atoms with van der Waals surface area (Å²) in [6.07, 6.45) is 4.42. The first kappa shape index (κ1) is 13.1. The highest BCUT2D eigenvalue weighted by Crippen LogP contribution is 2.39. The molecule has 0 bridgehead atoms. The fourth-order valence-electron chi connectivity index (χ4n) is 3.21. The lowest BCUT2D eigenvalue weighted by atomic mass is 9.85. The summed E-state index contributed by atoms with van der Waals surface area (Å²) in [4.78, 5) is 0. The summed E-state index contributed by atoms with van der Waals surface area (Å²) in [5, 5.41) is 13.2. The maximum atomic E-state index is 9.60. The zero-order valence-corrected chi connectivity index (χ0v) is 11.3. The number of rotatable bonds is 4. The van der Waals surface area contributed by atoms with E-state index >= 15 is 0 Å². The van der Waals surface area contributed by atoms with Crippen molar-refractivity contribution in [2.45, 2.75) is 51.1 Å². The van der Waals surface area contributed by atoms with E-state index in [1.165, 1.54) is 18.4 Å². The minimum Gasteiger partial charge on any atom is -0.293 e. The Kier molecular flexibility index (Phi) is 4.04. The van der Waals surface area contributed by atoms with Crippen LogP contribution in [-0.4, -0.2) is 5.54 Å². The Morgan fingerprint density at radius 2 is 2.17 bits per heavy atom. The number of hydrogen-bond donors (Lipinski definition) is 1. The van der Waals surface area contributed by atoms with Crippen LogP contribution in [0.2, 0.25) is 0 Å². The first-order valence-electron chi connectivity index (χ1n) is 6.95. The van der Waals surface area contributed by atoms with E-state index in [1.807, 2.05) is 6.07 Å². The molecule has 96 valence electrons. The molecule has 0 amide bonds. The highest BCUT2D eigenvalue weighted by molar-refractivity contribution is 5.22. The summed E-state index contributed by atoms with van der Waals surface area (Å²) in [6.45, 7) is 4.34. The molecular weight excluding hydrogens is 220 g/mol. The van der Waals surface area contributed by atoms with Crippen molar-refractivity contribution in [3.8, 4) is 6.07 Å². The number of nitriles is 1. The first-order chi connectivity index (χ1) is 8.72. The van der Waals surface area contributed by atoms with E-state index < -0.39 is 0 Å². The van der Waals surface area contributed by atoms with Gasteiger partial charge in [0.05, 0.1) is 6.07 Å². The number of nitrogens with one attached hydrogen (secondary N) is 1. The molecule has 0 radical (unpaired) electrons. The summed E-state index contributed by atoms with van der Waals surface area (Å²) >= 11 is 0. The quantitative estimate of drug-likeness (QED) is 0.871. The molecule has 1 fully saturated rings. The fourth-order valence-corrected chi connectivity index (χ4v) is 3.21. The van der Waals surface area contributed by atoms with Crippen LogP contribution in [-0.2, 0) is 0 Å². The van der Waals surface area contributed by atoms with Crippen molar-refractivity contribution in [1.82, 2.24) is 5.32 Å². The average molecular weight is 242 g/mol. The lowest BCUT2D eigenvalue weighted by molar-refractivity contribution is 0.283. The van der Waals surface area contributed by atoms with Gasteiger partial charge in [-0.1, -0.05) is 50.1 Å². The van der Waals surface area contributed by atoms with Crippen LogP contribution >= 0.6 is 0 Å². The Morgan fingerprint density at radius 3 is 2.78 bits per heavy atom. The van der Waals surface area contributed by atoms with Gasteiger partial charge in [-0.15, -0.1) is 0 Å². The Bertz CT molecular complexity index is 420. The van der Waals surface area contributed by atoms with Crippen molar-refractivity contribution in [2.24, 2.45) is 5.92 Å². The highest BCUT2D eigenvalue weighted by Gasteiger charge is 2.42. The first-order valence-corrected chi connectivity index (χ1v) is 6.95. The van der Waals surface area contributed by atoms with Crippen LogP contribution in [0.25, 0.3) is 0 Å². The molecule has 1 saturated carbocycles. The lowest BCUT2D eigenvalue weighted by Crippen LogP contribution is -2.47. The average Bonchev–Trinajstić information content (AvgIpc) is 2.83. The molecular formula is C16H22N2. The molecule has 3 atom stereocenters. The zero-order valence-electron chi connectivity index (χ0n) is 11.3. The smallest absolute Gasteiger partial charge is 0.110 e. The second-order valence-corrected chi connectivity index (χ2v) is 5.36. The van der Waals surface area contributed by atoms with E-state index in [1.54, 1.807) is 0 Å². The summed E-state index contributed by atoms with van der Waals surface area (Å²) < 4.78 is 0. The second-order valence-electron chi connectivity index (χ2n) is 5.36. The molecule has 0 heterocycles. The van der Waals surface area contributed by atoms with Gasteiger partial charge < -0.3 is 0 Å². The van der Waals surface area contributed by atoms with Crippen LogP contribution in [0, 0.1) is 17.2 Å². The Hall–Kier alpha value is -1.33. The van der Waals surface area contributed by atoms with Gasteiger partial charge in [0.1, 0.15) is 5.54 Å². The van der Waals surface area contributed by atoms with Gasteiger partial charge in [-0.05, 0) is 31.2 Å². The highest BCUT2D eigenvalue weighted by atomic mass is 15.0. The SMILES string of the molecule is CCC1CCCC1(C#N)NC(C)c1ccccc1. The molecule has 1 aromatic carbocycles. The standard InChI is InChI=1S/C16H22N2/c1-3-15-10-7-11-16(15,12-17)18-13(2)14-8-5-4-6-9-14/h4-6,8-9,13,15,18H,3,7,10-11H2,1-2H3. The van der Waals surface area contributed by atoms with E-state index in [9.17, 15) is 5.26 Å². The third-order valence-electron chi connectivity index (χ3n) is 4.29. The Balaban J connectivity index is 2.14. The second kappa shape index (κ2) is 5.54. The van der Waals surface area contributed by atoms with E-state index in [0.29, 0.717) is 5.92 Å². The summed E-state index contributed by atoms with van der Waals surface area (Å²) in [5.74, 6) is 0.494. The van der Waals surface area contributed by atoms with Gasteiger partial charge in [0.2, 0.25) is 0 Å². The Labute approximate surface area is 110 Å². The molecule has 1 aliphatic carbocycles. The van der Waals surface area contributed by atoms with Gasteiger partial charge in [-0.2, -0.15) is 5.26 Å².